The first-order valence-corrected chi connectivity index (χ1v) is 9.35. The van der Waals surface area contributed by atoms with Crippen LogP contribution in [-0.4, -0.2) is 50.7 Å². The van der Waals surface area contributed by atoms with Crippen LogP contribution in [0.4, 0.5) is 17.6 Å². The Bertz CT molecular complexity index is 1120. The van der Waals surface area contributed by atoms with Gasteiger partial charge in [0.1, 0.15) is 12.4 Å². The summed E-state index contributed by atoms with van der Waals surface area (Å²) in [5, 5.41) is 7.12. The second-order valence-corrected chi connectivity index (χ2v) is 7.07. The normalized spacial score (nSPS) is 13.4. The number of alkyl halides is 3. The van der Waals surface area contributed by atoms with E-state index in [4.69, 9.17) is 9.90 Å². The molecule has 3 heterocycles. The van der Waals surface area contributed by atoms with Crippen molar-refractivity contribution in [2.75, 3.05) is 13.1 Å². The summed E-state index contributed by atoms with van der Waals surface area (Å²) < 4.78 is 47.0. The van der Waals surface area contributed by atoms with Crippen LogP contribution in [-0.2, 0) is 16.1 Å². The summed E-state index contributed by atoms with van der Waals surface area (Å²) in [5.41, 5.74) is 4.52. The largest absolute Gasteiger partial charge is 0.490 e. The summed E-state index contributed by atoms with van der Waals surface area (Å²) in [6, 6.07) is 8.68. The number of carboxylic acid groups (broad SMARTS) is 1. The van der Waals surface area contributed by atoms with Crippen molar-refractivity contribution in [2.45, 2.75) is 26.1 Å². The topological polar surface area (TPSA) is 75.4 Å². The number of halogens is 4. The van der Waals surface area contributed by atoms with E-state index in [0.29, 0.717) is 6.54 Å². The van der Waals surface area contributed by atoms with Crippen molar-refractivity contribution in [3.05, 3.63) is 54.1 Å². The number of pyridine rings is 1. The Balaban J connectivity index is 0.000000339. The van der Waals surface area contributed by atoms with Gasteiger partial charge in [-0.1, -0.05) is 6.07 Å². The molecule has 1 aliphatic rings. The first-order chi connectivity index (χ1) is 14.6. The molecule has 1 saturated heterocycles. The Morgan fingerprint density at radius 2 is 1.84 bits per heavy atom. The minimum Gasteiger partial charge on any atom is -0.475 e. The van der Waals surface area contributed by atoms with Crippen LogP contribution in [0.25, 0.3) is 22.2 Å². The fraction of sp³-hybridized carbons (Fsp3) is 0.286. The molecule has 2 aromatic heterocycles. The van der Waals surface area contributed by atoms with Crippen molar-refractivity contribution < 1.29 is 32.3 Å². The predicted octanol–water partition coefficient (Wildman–Crippen LogP) is 4.02. The number of nitrogens with zero attached hydrogens (tertiary/aromatic N) is 3. The number of carbonyl (C=O) groups excluding carboxylic acids is 1. The van der Waals surface area contributed by atoms with Gasteiger partial charge in [0.15, 0.2) is 0 Å². The highest BCUT2D eigenvalue weighted by atomic mass is 19.4. The molecule has 0 bridgehead atoms. The fourth-order valence-electron chi connectivity index (χ4n) is 3.11. The third-order valence-corrected chi connectivity index (χ3v) is 4.88. The lowest BCUT2D eigenvalue weighted by atomic mass is 10.0. The number of fused-ring (bicyclic) bond motifs is 1. The Kier molecular flexibility index (Phi) is 6.28. The van der Waals surface area contributed by atoms with Crippen molar-refractivity contribution in [1.82, 2.24) is 14.5 Å². The van der Waals surface area contributed by atoms with Crippen LogP contribution in [0.1, 0.15) is 12.0 Å². The molecule has 0 spiro atoms. The molecule has 0 radical (unpaired) electrons. The number of aromatic nitrogens is 2. The van der Waals surface area contributed by atoms with Crippen LogP contribution in [0.5, 0.6) is 0 Å². The molecule has 10 heteroatoms. The monoisotopic (exact) mass is 437 g/mol. The highest BCUT2D eigenvalue weighted by Crippen LogP contribution is 2.27. The van der Waals surface area contributed by atoms with E-state index < -0.39 is 12.1 Å². The number of rotatable bonds is 3. The van der Waals surface area contributed by atoms with Crippen molar-refractivity contribution in [3.8, 4) is 11.1 Å². The summed E-state index contributed by atoms with van der Waals surface area (Å²) in [7, 11) is 0. The minimum atomic E-state index is -5.08. The number of likely N-dealkylation sites (tertiary alicyclic amines) is 1. The van der Waals surface area contributed by atoms with Crippen molar-refractivity contribution in [1.29, 1.82) is 0 Å². The maximum atomic E-state index is 13.3. The van der Waals surface area contributed by atoms with Gasteiger partial charge in [-0.25, -0.2) is 9.18 Å². The van der Waals surface area contributed by atoms with E-state index in [2.05, 4.69) is 4.98 Å². The molecule has 0 unspecified atom stereocenters. The number of amides is 1. The van der Waals surface area contributed by atoms with Gasteiger partial charge in [0.2, 0.25) is 5.91 Å². The summed E-state index contributed by atoms with van der Waals surface area (Å²) in [4.78, 5) is 27.5. The first kappa shape index (κ1) is 22.3. The van der Waals surface area contributed by atoms with Gasteiger partial charge >= 0.3 is 12.1 Å². The van der Waals surface area contributed by atoms with Crippen LogP contribution < -0.4 is 0 Å². The zero-order valence-corrected chi connectivity index (χ0v) is 16.5. The van der Waals surface area contributed by atoms with Crippen LogP contribution in [0, 0.1) is 12.7 Å². The van der Waals surface area contributed by atoms with Gasteiger partial charge in [0, 0.05) is 31.0 Å². The van der Waals surface area contributed by atoms with Gasteiger partial charge in [-0.05, 0) is 48.7 Å². The molecule has 0 aliphatic carbocycles. The minimum absolute atomic E-state index is 0.141. The Morgan fingerprint density at radius 3 is 2.39 bits per heavy atom. The first-order valence-electron chi connectivity index (χ1n) is 9.35. The average Bonchev–Trinajstić information content (AvgIpc) is 3.02. The Hall–Kier alpha value is -3.43. The van der Waals surface area contributed by atoms with Crippen molar-refractivity contribution in [3.63, 3.8) is 0 Å². The maximum Gasteiger partial charge on any atom is 0.490 e. The zero-order chi connectivity index (χ0) is 22.8. The molecule has 3 aromatic rings. The highest BCUT2D eigenvalue weighted by molar-refractivity contribution is 5.84. The molecule has 1 aliphatic heterocycles. The van der Waals surface area contributed by atoms with E-state index in [1.54, 1.807) is 12.3 Å². The Morgan fingerprint density at radius 1 is 1.16 bits per heavy atom. The molecule has 1 N–H and O–H groups in total. The number of carboxylic acids is 1. The van der Waals surface area contributed by atoms with E-state index in [-0.39, 0.29) is 11.7 Å². The van der Waals surface area contributed by atoms with E-state index in [1.165, 1.54) is 12.1 Å². The summed E-state index contributed by atoms with van der Waals surface area (Å²) in [5.74, 6) is -2.86. The SMILES string of the molecule is Cc1cc(F)ccc1-c1cnc2ccn(CC(=O)N3CCC3)c2c1.O=C(O)C(F)(F)F. The molecular weight excluding hydrogens is 418 g/mol. The van der Waals surface area contributed by atoms with Crippen LogP contribution in [0.15, 0.2) is 42.7 Å². The Labute approximate surface area is 174 Å². The van der Waals surface area contributed by atoms with E-state index in [1.807, 2.05) is 34.7 Å². The van der Waals surface area contributed by atoms with Gasteiger partial charge in [-0.2, -0.15) is 13.2 Å². The molecular formula is C21H19F4N3O3. The predicted molar refractivity (Wildman–Crippen MR) is 105 cm³/mol. The lowest BCUT2D eigenvalue weighted by Crippen LogP contribution is -2.43. The number of benzene rings is 1. The molecule has 0 saturated carbocycles. The van der Waals surface area contributed by atoms with Gasteiger partial charge in [0.25, 0.3) is 0 Å². The smallest absolute Gasteiger partial charge is 0.475 e. The molecule has 4 rings (SSSR count). The number of carbonyl (C=O) groups is 2. The summed E-state index contributed by atoms with van der Waals surface area (Å²) in [6.45, 7) is 3.93. The zero-order valence-electron chi connectivity index (χ0n) is 16.5. The third-order valence-electron chi connectivity index (χ3n) is 4.88. The van der Waals surface area contributed by atoms with E-state index >= 15 is 0 Å². The van der Waals surface area contributed by atoms with Gasteiger partial charge < -0.3 is 14.6 Å². The molecule has 1 aromatic carbocycles. The number of hydrogen-bond donors (Lipinski definition) is 1. The fourth-order valence-corrected chi connectivity index (χ4v) is 3.11. The van der Waals surface area contributed by atoms with E-state index in [9.17, 15) is 22.4 Å². The van der Waals surface area contributed by atoms with Crippen LogP contribution in [0.2, 0.25) is 0 Å². The van der Waals surface area contributed by atoms with Gasteiger partial charge in [0.05, 0.1) is 11.0 Å². The third kappa shape index (κ3) is 5.19. The van der Waals surface area contributed by atoms with Gasteiger partial charge in [-0.15, -0.1) is 0 Å². The number of aliphatic carboxylic acids is 1. The summed E-state index contributed by atoms with van der Waals surface area (Å²) >= 11 is 0. The number of aryl methyl sites for hydroxylation is 1. The van der Waals surface area contributed by atoms with Crippen LogP contribution in [0.3, 0.4) is 0 Å². The quantitative estimate of drug-likeness (QED) is 0.629. The van der Waals surface area contributed by atoms with E-state index in [0.717, 1.165) is 47.2 Å². The number of hydrogen-bond acceptors (Lipinski definition) is 3. The molecule has 1 fully saturated rings. The van der Waals surface area contributed by atoms with Gasteiger partial charge in [-0.3, -0.25) is 9.78 Å². The summed E-state index contributed by atoms with van der Waals surface area (Å²) in [6.07, 6.45) is -0.297. The second-order valence-electron chi connectivity index (χ2n) is 7.07. The van der Waals surface area contributed by atoms with Crippen molar-refractivity contribution in [2.24, 2.45) is 0 Å². The molecule has 1 amide bonds. The molecule has 31 heavy (non-hydrogen) atoms. The van der Waals surface area contributed by atoms with Crippen molar-refractivity contribution >= 4 is 22.9 Å². The average molecular weight is 437 g/mol. The lowest BCUT2D eigenvalue weighted by molar-refractivity contribution is -0.192. The second kappa shape index (κ2) is 8.75. The molecule has 6 nitrogen and oxygen atoms in total. The lowest BCUT2D eigenvalue weighted by Gasteiger charge is -2.31. The molecule has 164 valence electrons. The highest BCUT2D eigenvalue weighted by Gasteiger charge is 2.38. The standard InChI is InChI=1S/C19H18FN3O.C2HF3O2/c1-13-9-15(20)3-4-16(13)14-10-18-17(21-11-14)5-8-23(18)12-19(24)22-6-2-7-22;3-2(4,5)1(6)7/h3-5,8-11H,2,6-7,12H2,1H3;(H,6,7). The molecule has 0 atom stereocenters. The van der Waals surface area contributed by atoms with Crippen LogP contribution >= 0.6 is 0 Å². The maximum absolute atomic E-state index is 13.3.